The van der Waals surface area contributed by atoms with Gasteiger partial charge in [-0.1, -0.05) is 0 Å². The maximum absolute atomic E-state index is 11.3. The van der Waals surface area contributed by atoms with E-state index in [-0.39, 0.29) is 5.97 Å². The zero-order valence-electron chi connectivity index (χ0n) is 11.7. The minimum atomic E-state index is -0.315. The third-order valence-corrected chi connectivity index (χ3v) is 3.00. The molecular weight excluding hydrogens is 228 g/mol. The van der Waals surface area contributed by atoms with Crippen LogP contribution in [0.1, 0.15) is 29.2 Å². The number of benzene rings is 1. The standard InChI is InChI=1S/C15H20O3/c1-6-18-15(16)8-7-13-10(2)9-14(17-5)12(4)11(13)3/h7-9H,6H2,1-5H3/b8-7+. The van der Waals surface area contributed by atoms with E-state index in [2.05, 4.69) is 0 Å². The summed E-state index contributed by atoms with van der Waals surface area (Å²) in [4.78, 5) is 11.3. The van der Waals surface area contributed by atoms with Crippen molar-refractivity contribution in [2.75, 3.05) is 13.7 Å². The number of ether oxygens (including phenoxy) is 2. The molecular formula is C15H20O3. The smallest absolute Gasteiger partial charge is 0.330 e. The zero-order chi connectivity index (χ0) is 13.7. The lowest BCUT2D eigenvalue weighted by molar-refractivity contribution is -0.137. The summed E-state index contributed by atoms with van der Waals surface area (Å²) in [7, 11) is 1.66. The van der Waals surface area contributed by atoms with Crippen LogP contribution in [0.4, 0.5) is 0 Å². The van der Waals surface area contributed by atoms with Crippen LogP contribution in [-0.4, -0.2) is 19.7 Å². The molecule has 0 spiro atoms. The summed E-state index contributed by atoms with van der Waals surface area (Å²) in [5.74, 6) is 0.558. The van der Waals surface area contributed by atoms with Gasteiger partial charge in [0.05, 0.1) is 13.7 Å². The fourth-order valence-electron chi connectivity index (χ4n) is 1.88. The van der Waals surface area contributed by atoms with Crippen molar-refractivity contribution < 1.29 is 14.3 Å². The van der Waals surface area contributed by atoms with Crippen molar-refractivity contribution >= 4 is 12.0 Å². The van der Waals surface area contributed by atoms with Crippen LogP contribution in [0, 0.1) is 20.8 Å². The molecule has 0 aliphatic heterocycles. The molecule has 98 valence electrons. The molecule has 1 aromatic carbocycles. The molecule has 0 aliphatic carbocycles. The molecule has 1 rings (SSSR count). The molecule has 0 bridgehead atoms. The number of esters is 1. The van der Waals surface area contributed by atoms with E-state index in [4.69, 9.17) is 9.47 Å². The average molecular weight is 248 g/mol. The van der Waals surface area contributed by atoms with Crippen molar-refractivity contribution in [3.8, 4) is 5.75 Å². The number of carbonyl (C=O) groups excluding carboxylic acids is 1. The van der Waals surface area contributed by atoms with Crippen molar-refractivity contribution in [2.45, 2.75) is 27.7 Å². The van der Waals surface area contributed by atoms with Gasteiger partial charge in [-0.2, -0.15) is 0 Å². The Morgan fingerprint density at radius 1 is 1.28 bits per heavy atom. The van der Waals surface area contributed by atoms with Crippen LogP contribution in [0.2, 0.25) is 0 Å². The fourth-order valence-corrected chi connectivity index (χ4v) is 1.88. The topological polar surface area (TPSA) is 35.5 Å². The van der Waals surface area contributed by atoms with Gasteiger partial charge in [-0.05, 0) is 62.1 Å². The lowest BCUT2D eigenvalue weighted by Gasteiger charge is -2.13. The van der Waals surface area contributed by atoms with Crippen LogP contribution in [0.5, 0.6) is 5.75 Å². The van der Waals surface area contributed by atoms with Crippen molar-refractivity contribution in [3.05, 3.63) is 34.4 Å². The van der Waals surface area contributed by atoms with Gasteiger partial charge in [0.25, 0.3) is 0 Å². The van der Waals surface area contributed by atoms with Crippen LogP contribution in [0.3, 0.4) is 0 Å². The number of hydrogen-bond donors (Lipinski definition) is 0. The first-order valence-electron chi connectivity index (χ1n) is 6.00. The van der Waals surface area contributed by atoms with E-state index in [9.17, 15) is 4.79 Å². The van der Waals surface area contributed by atoms with Gasteiger partial charge in [0.2, 0.25) is 0 Å². The molecule has 1 aromatic rings. The van der Waals surface area contributed by atoms with Crippen molar-refractivity contribution in [1.82, 2.24) is 0 Å². The minimum Gasteiger partial charge on any atom is -0.496 e. The Hall–Kier alpha value is -1.77. The zero-order valence-corrected chi connectivity index (χ0v) is 11.7. The molecule has 3 nitrogen and oxygen atoms in total. The molecule has 0 fully saturated rings. The van der Waals surface area contributed by atoms with Gasteiger partial charge in [-0.25, -0.2) is 4.79 Å². The highest BCUT2D eigenvalue weighted by Gasteiger charge is 2.08. The predicted octanol–water partition coefficient (Wildman–Crippen LogP) is 3.20. The lowest BCUT2D eigenvalue weighted by atomic mass is 9.97. The summed E-state index contributed by atoms with van der Waals surface area (Å²) >= 11 is 0. The fraction of sp³-hybridized carbons (Fsp3) is 0.400. The van der Waals surface area contributed by atoms with Crippen LogP contribution in [0.25, 0.3) is 6.08 Å². The maximum Gasteiger partial charge on any atom is 0.330 e. The van der Waals surface area contributed by atoms with Crippen LogP contribution in [0.15, 0.2) is 12.1 Å². The average Bonchev–Trinajstić information content (AvgIpc) is 2.34. The molecule has 0 radical (unpaired) electrons. The van der Waals surface area contributed by atoms with E-state index in [1.807, 2.05) is 26.8 Å². The number of rotatable bonds is 4. The second kappa shape index (κ2) is 6.24. The quantitative estimate of drug-likeness (QED) is 0.606. The molecule has 18 heavy (non-hydrogen) atoms. The molecule has 0 amide bonds. The van der Waals surface area contributed by atoms with Crippen LogP contribution < -0.4 is 4.74 Å². The third kappa shape index (κ3) is 3.13. The molecule has 0 atom stereocenters. The Balaban J connectivity index is 3.10. The first kappa shape index (κ1) is 14.3. The van der Waals surface area contributed by atoms with Crippen LogP contribution >= 0.6 is 0 Å². The van der Waals surface area contributed by atoms with E-state index >= 15 is 0 Å². The Morgan fingerprint density at radius 2 is 1.94 bits per heavy atom. The summed E-state index contributed by atoms with van der Waals surface area (Å²) in [6.07, 6.45) is 3.26. The summed E-state index contributed by atoms with van der Waals surface area (Å²) < 4.78 is 10.2. The highest BCUT2D eigenvalue weighted by Crippen LogP contribution is 2.28. The minimum absolute atomic E-state index is 0.315. The molecule has 0 heterocycles. The summed E-state index contributed by atoms with van der Waals surface area (Å²) in [6, 6.07) is 1.98. The number of aryl methyl sites for hydroxylation is 1. The van der Waals surface area contributed by atoms with Crippen molar-refractivity contribution in [1.29, 1.82) is 0 Å². The highest BCUT2D eigenvalue weighted by molar-refractivity contribution is 5.87. The molecule has 0 N–H and O–H groups in total. The Labute approximate surface area is 108 Å². The normalized spacial score (nSPS) is 10.7. The predicted molar refractivity (Wildman–Crippen MR) is 72.9 cm³/mol. The molecule has 0 unspecified atom stereocenters. The lowest BCUT2D eigenvalue weighted by Crippen LogP contribution is -2.00. The molecule has 0 saturated heterocycles. The highest BCUT2D eigenvalue weighted by atomic mass is 16.5. The summed E-state index contributed by atoms with van der Waals surface area (Å²) in [5.41, 5.74) is 4.33. The van der Waals surface area contributed by atoms with E-state index in [1.165, 1.54) is 6.08 Å². The van der Waals surface area contributed by atoms with Gasteiger partial charge in [0, 0.05) is 6.08 Å². The van der Waals surface area contributed by atoms with Gasteiger partial charge in [-0.15, -0.1) is 0 Å². The van der Waals surface area contributed by atoms with E-state index in [0.717, 1.165) is 28.0 Å². The van der Waals surface area contributed by atoms with Crippen molar-refractivity contribution in [3.63, 3.8) is 0 Å². The third-order valence-electron chi connectivity index (χ3n) is 3.00. The molecule has 3 heteroatoms. The summed E-state index contributed by atoms with van der Waals surface area (Å²) in [6.45, 7) is 8.22. The Bertz CT molecular complexity index is 473. The SMILES string of the molecule is CCOC(=O)/C=C/c1c(C)cc(OC)c(C)c1C. The number of hydrogen-bond acceptors (Lipinski definition) is 3. The van der Waals surface area contributed by atoms with Gasteiger partial charge in [-0.3, -0.25) is 0 Å². The van der Waals surface area contributed by atoms with Gasteiger partial charge in [0.1, 0.15) is 5.75 Å². The second-order valence-electron chi connectivity index (χ2n) is 4.14. The van der Waals surface area contributed by atoms with Crippen molar-refractivity contribution in [2.24, 2.45) is 0 Å². The van der Waals surface area contributed by atoms with Crippen LogP contribution in [-0.2, 0) is 9.53 Å². The second-order valence-corrected chi connectivity index (χ2v) is 4.14. The monoisotopic (exact) mass is 248 g/mol. The first-order chi connectivity index (χ1) is 8.51. The van der Waals surface area contributed by atoms with Gasteiger partial charge < -0.3 is 9.47 Å². The maximum atomic E-state index is 11.3. The van der Waals surface area contributed by atoms with E-state index < -0.39 is 0 Å². The van der Waals surface area contributed by atoms with Gasteiger partial charge in [0.15, 0.2) is 0 Å². The Kier molecular flexibility index (Phi) is 4.95. The molecule has 0 saturated carbocycles. The molecule has 0 aromatic heterocycles. The van der Waals surface area contributed by atoms with E-state index in [0.29, 0.717) is 6.61 Å². The van der Waals surface area contributed by atoms with E-state index in [1.54, 1.807) is 20.1 Å². The first-order valence-corrected chi connectivity index (χ1v) is 6.00. The number of methoxy groups -OCH3 is 1. The molecule has 0 aliphatic rings. The van der Waals surface area contributed by atoms with Gasteiger partial charge >= 0.3 is 5.97 Å². The number of carbonyl (C=O) groups is 1. The summed E-state index contributed by atoms with van der Waals surface area (Å²) in [5, 5.41) is 0. The Morgan fingerprint density at radius 3 is 2.50 bits per heavy atom. The largest absolute Gasteiger partial charge is 0.496 e.